The van der Waals surface area contributed by atoms with Gasteiger partial charge in [-0.2, -0.15) is 0 Å². The molecule has 0 spiro atoms. The zero-order chi connectivity index (χ0) is 28.4. The first-order valence-corrected chi connectivity index (χ1v) is 15.0. The molecule has 4 aliphatic rings. The molecule has 0 bridgehead atoms. The second kappa shape index (κ2) is 9.78. The third kappa shape index (κ3) is 4.12. The van der Waals surface area contributed by atoms with Crippen molar-refractivity contribution in [3.8, 4) is 0 Å². The molecule has 0 aromatic rings. The molecule has 4 saturated carbocycles. The van der Waals surface area contributed by atoms with E-state index in [1.165, 1.54) is 12.5 Å². The SMILES string of the molecule is CC(=O)O[C@H]1C[C@@]2(C)C(C)(CC(C)[C@H]3[C@@]4(C)CC[C@@H](O)[C@@H](C)[C@@H]4CC[C@@]32C)/C1=C(\CCC=C(C)C)C(=O)O. The van der Waals surface area contributed by atoms with Gasteiger partial charge in [-0.1, -0.05) is 53.2 Å². The third-order valence-corrected chi connectivity index (χ3v) is 12.6. The maximum atomic E-state index is 12.8. The zero-order valence-electron chi connectivity index (χ0n) is 25.3. The molecule has 4 fully saturated rings. The maximum Gasteiger partial charge on any atom is 0.331 e. The van der Waals surface area contributed by atoms with Crippen molar-refractivity contribution in [2.45, 2.75) is 126 Å². The number of fused-ring (bicyclic) bond motifs is 5. The van der Waals surface area contributed by atoms with E-state index in [-0.39, 0.29) is 33.7 Å². The van der Waals surface area contributed by atoms with E-state index in [0.29, 0.717) is 48.5 Å². The van der Waals surface area contributed by atoms with Crippen LogP contribution in [0.3, 0.4) is 0 Å². The van der Waals surface area contributed by atoms with Gasteiger partial charge in [-0.05, 0) is 116 Å². The number of ether oxygens (including phenoxy) is 1. The fourth-order valence-corrected chi connectivity index (χ4v) is 11.0. The van der Waals surface area contributed by atoms with Crippen molar-refractivity contribution in [3.63, 3.8) is 0 Å². The molecule has 4 aliphatic carbocycles. The molecule has 214 valence electrons. The Kier molecular flexibility index (Phi) is 7.56. The van der Waals surface area contributed by atoms with Gasteiger partial charge in [0.05, 0.1) is 6.10 Å². The van der Waals surface area contributed by atoms with Gasteiger partial charge in [-0.25, -0.2) is 4.79 Å². The van der Waals surface area contributed by atoms with E-state index in [1.807, 2.05) is 13.8 Å². The number of aliphatic hydroxyl groups excluding tert-OH is 1. The molecule has 38 heavy (non-hydrogen) atoms. The molecule has 0 aromatic carbocycles. The van der Waals surface area contributed by atoms with Crippen LogP contribution in [0.15, 0.2) is 22.8 Å². The number of hydrogen-bond acceptors (Lipinski definition) is 4. The van der Waals surface area contributed by atoms with Crippen molar-refractivity contribution in [3.05, 3.63) is 22.8 Å². The highest BCUT2D eigenvalue weighted by molar-refractivity contribution is 5.88. The predicted octanol–water partition coefficient (Wildman–Crippen LogP) is 7.33. The van der Waals surface area contributed by atoms with Crippen molar-refractivity contribution >= 4 is 11.9 Å². The lowest BCUT2D eigenvalue weighted by Gasteiger charge is -2.71. The number of hydrogen-bond donors (Lipinski definition) is 2. The lowest BCUT2D eigenvalue weighted by atomic mass is 9.33. The molecule has 2 N–H and O–H groups in total. The van der Waals surface area contributed by atoms with Crippen LogP contribution >= 0.6 is 0 Å². The van der Waals surface area contributed by atoms with Gasteiger partial charge in [0.2, 0.25) is 0 Å². The van der Waals surface area contributed by atoms with Crippen molar-refractivity contribution in [2.75, 3.05) is 0 Å². The molecule has 0 amide bonds. The highest BCUT2D eigenvalue weighted by atomic mass is 16.5. The van der Waals surface area contributed by atoms with Gasteiger partial charge in [0, 0.05) is 12.5 Å². The van der Waals surface area contributed by atoms with E-state index >= 15 is 0 Å². The van der Waals surface area contributed by atoms with E-state index in [9.17, 15) is 19.8 Å². The molecule has 2 unspecified atom stereocenters. The highest BCUT2D eigenvalue weighted by Gasteiger charge is 2.73. The topological polar surface area (TPSA) is 83.8 Å². The monoisotopic (exact) mass is 528 g/mol. The van der Waals surface area contributed by atoms with Crippen molar-refractivity contribution in [1.29, 1.82) is 0 Å². The van der Waals surface area contributed by atoms with Crippen LogP contribution in [0.5, 0.6) is 0 Å². The average Bonchev–Trinajstić information content (AvgIpc) is 3.00. The Morgan fingerprint density at radius 1 is 1.03 bits per heavy atom. The first-order valence-electron chi connectivity index (χ1n) is 15.0. The summed E-state index contributed by atoms with van der Waals surface area (Å²) in [6, 6.07) is 0. The minimum absolute atomic E-state index is 0.0314. The second-order valence-corrected chi connectivity index (χ2v) is 14.7. The quantitative estimate of drug-likeness (QED) is 0.222. The molecule has 0 saturated heterocycles. The number of rotatable bonds is 5. The predicted molar refractivity (Wildman–Crippen MR) is 150 cm³/mol. The number of carbonyl (C=O) groups is 2. The molecule has 5 heteroatoms. The second-order valence-electron chi connectivity index (χ2n) is 14.7. The molecule has 5 nitrogen and oxygen atoms in total. The van der Waals surface area contributed by atoms with Crippen molar-refractivity contribution in [2.24, 2.45) is 45.3 Å². The Morgan fingerprint density at radius 2 is 1.68 bits per heavy atom. The summed E-state index contributed by atoms with van der Waals surface area (Å²) in [5.74, 6) is 0.445. The van der Waals surface area contributed by atoms with Gasteiger partial charge < -0.3 is 14.9 Å². The van der Waals surface area contributed by atoms with E-state index in [2.05, 4.69) is 47.6 Å². The van der Waals surface area contributed by atoms with Crippen LogP contribution in [0.1, 0.15) is 114 Å². The van der Waals surface area contributed by atoms with E-state index in [0.717, 1.165) is 37.7 Å². The third-order valence-electron chi connectivity index (χ3n) is 12.6. The molecule has 0 aromatic heterocycles. The van der Waals surface area contributed by atoms with Crippen molar-refractivity contribution < 1.29 is 24.5 Å². The summed E-state index contributed by atoms with van der Waals surface area (Å²) < 4.78 is 6.02. The van der Waals surface area contributed by atoms with Crippen LogP contribution in [0, 0.1) is 45.3 Å². The number of aliphatic hydroxyl groups is 1. The Morgan fingerprint density at radius 3 is 2.26 bits per heavy atom. The van der Waals surface area contributed by atoms with Crippen molar-refractivity contribution in [1.82, 2.24) is 0 Å². The van der Waals surface area contributed by atoms with Crippen LogP contribution in [0.2, 0.25) is 0 Å². The molecule has 0 radical (unpaired) electrons. The van der Waals surface area contributed by atoms with Gasteiger partial charge >= 0.3 is 11.9 Å². The molecule has 10 atom stereocenters. The van der Waals surface area contributed by atoms with E-state index in [4.69, 9.17) is 4.74 Å². The van der Waals surface area contributed by atoms with Crippen LogP contribution in [-0.4, -0.2) is 34.4 Å². The molecule has 0 heterocycles. The van der Waals surface area contributed by atoms with Gasteiger partial charge in [0.1, 0.15) is 6.10 Å². The summed E-state index contributed by atoms with van der Waals surface area (Å²) in [6.45, 7) is 19.8. The number of esters is 1. The maximum absolute atomic E-state index is 12.8. The number of allylic oxidation sites excluding steroid dienone is 2. The summed E-state index contributed by atoms with van der Waals surface area (Å²) in [5, 5.41) is 21.3. The first-order chi connectivity index (χ1) is 17.5. The van der Waals surface area contributed by atoms with Crippen LogP contribution < -0.4 is 0 Å². The Balaban J connectivity index is 1.88. The fraction of sp³-hybridized carbons (Fsp3) is 0.818. The Labute approximate surface area is 230 Å². The minimum atomic E-state index is -0.879. The van der Waals surface area contributed by atoms with Gasteiger partial charge in [-0.3, -0.25) is 4.79 Å². The molecule has 4 rings (SSSR count). The first kappa shape index (κ1) is 29.4. The molecular weight excluding hydrogens is 476 g/mol. The number of carboxylic acid groups (broad SMARTS) is 1. The summed E-state index contributed by atoms with van der Waals surface area (Å²) in [6.07, 6.45) is 8.12. The minimum Gasteiger partial charge on any atom is -0.478 e. The van der Waals surface area contributed by atoms with Crippen LogP contribution in [-0.2, 0) is 14.3 Å². The Hall–Kier alpha value is -1.62. The lowest BCUT2D eigenvalue weighted by Crippen LogP contribution is -2.66. The smallest absolute Gasteiger partial charge is 0.331 e. The van der Waals surface area contributed by atoms with Crippen LogP contribution in [0.4, 0.5) is 0 Å². The number of aliphatic carboxylic acids is 1. The number of carboxylic acids is 1. The van der Waals surface area contributed by atoms with E-state index in [1.54, 1.807) is 0 Å². The summed E-state index contributed by atoms with van der Waals surface area (Å²) >= 11 is 0. The molecule has 0 aliphatic heterocycles. The van der Waals surface area contributed by atoms with Crippen LogP contribution in [0.25, 0.3) is 0 Å². The standard InChI is InChI=1S/C33H52O5/c1-19(2)11-10-12-23(29(36)37)27-26(38-22(5)34)18-33(9)31(7)16-13-24-21(4)25(35)14-15-30(24,6)28(31)20(3)17-32(27,33)8/h11,20-21,24-26,28,35H,10,12-18H2,1-9H3,(H,36,37)/b27-23+/t20?,21-,24-,25+,26-,28-,30-,31-,32?,33+/m0/s1. The average molecular weight is 529 g/mol. The van der Waals surface area contributed by atoms with Gasteiger partial charge in [-0.15, -0.1) is 0 Å². The summed E-state index contributed by atoms with van der Waals surface area (Å²) in [7, 11) is 0. The summed E-state index contributed by atoms with van der Waals surface area (Å²) in [4.78, 5) is 25.2. The van der Waals surface area contributed by atoms with Gasteiger partial charge in [0.15, 0.2) is 0 Å². The fourth-order valence-electron chi connectivity index (χ4n) is 11.0. The lowest BCUT2D eigenvalue weighted by molar-refractivity contribution is -0.234. The highest BCUT2D eigenvalue weighted by Crippen LogP contribution is 2.79. The summed E-state index contributed by atoms with van der Waals surface area (Å²) in [5.41, 5.74) is 2.02. The van der Waals surface area contributed by atoms with E-state index < -0.39 is 12.1 Å². The Bertz CT molecular complexity index is 1040. The molecular formula is C33H52O5. The zero-order valence-corrected chi connectivity index (χ0v) is 25.3. The normalized spacial score (nSPS) is 47.3. The van der Waals surface area contributed by atoms with Gasteiger partial charge in [0.25, 0.3) is 0 Å². The largest absolute Gasteiger partial charge is 0.478 e. The number of carbonyl (C=O) groups excluding carboxylic acids is 1.